The third-order valence-corrected chi connectivity index (χ3v) is 2.68. The van der Waals surface area contributed by atoms with Crippen LogP contribution in [0.3, 0.4) is 0 Å². The molecule has 0 saturated heterocycles. The second-order valence-electron chi connectivity index (χ2n) is 3.78. The molecule has 0 bridgehead atoms. The molecule has 3 heteroatoms. The molecule has 2 heterocycles. The van der Waals surface area contributed by atoms with Gasteiger partial charge in [-0.3, -0.25) is 0 Å². The van der Waals surface area contributed by atoms with Gasteiger partial charge < -0.3 is 9.57 Å². The van der Waals surface area contributed by atoms with Crippen LogP contribution in [0.4, 0.5) is 0 Å². The number of oxime groups is 1. The minimum Gasteiger partial charge on any atom is -0.492 e. The fourth-order valence-electron chi connectivity index (χ4n) is 1.90. The van der Waals surface area contributed by atoms with Gasteiger partial charge in [-0.2, -0.15) is 0 Å². The van der Waals surface area contributed by atoms with E-state index in [-0.39, 0.29) is 0 Å². The second kappa shape index (κ2) is 2.74. The summed E-state index contributed by atoms with van der Waals surface area (Å²) in [5.41, 5.74) is 3.34. The predicted octanol–water partition coefficient (Wildman–Crippen LogP) is 1.74. The van der Waals surface area contributed by atoms with Gasteiger partial charge in [0.05, 0.1) is 5.92 Å². The van der Waals surface area contributed by atoms with Crippen molar-refractivity contribution in [2.45, 2.75) is 6.92 Å². The molecule has 3 nitrogen and oxygen atoms in total. The molecular weight excluding hydrogens is 178 g/mol. The molecule has 14 heavy (non-hydrogen) atoms. The van der Waals surface area contributed by atoms with E-state index < -0.39 is 0 Å². The van der Waals surface area contributed by atoms with Gasteiger partial charge >= 0.3 is 0 Å². The smallest absolute Gasteiger partial charge is 0.129 e. The van der Waals surface area contributed by atoms with Crippen molar-refractivity contribution in [1.29, 1.82) is 0 Å². The van der Waals surface area contributed by atoms with Gasteiger partial charge in [-0.15, -0.1) is 0 Å². The van der Waals surface area contributed by atoms with Gasteiger partial charge in [0.2, 0.25) is 0 Å². The molecule has 1 aromatic rings. The van der Waals surface area contributed by atoms with E-state index in [1.807, 2.05) is 6.07 Å². The molecule has 0 radical (unpaired) electrons. The molecule has 0 aromatic heterocycles. The molecule has 1 aromatic carbocycles. The summed E-state index contributed by atoms with van der Waals surface area (Å²) in [6.07, 6.45) is 0. The van der Waals surface area contributed by atoms with Crippen LogP contribution >= 0.6 is 0 Å². The van der Waals surface area contributed by atoms with Crippen LogP contribution in [0.5, 0.6) is 5.75 Å². The average Bonchev–Trinajstić information content (AvgIpc) is 2.65. The van der Waals surface area contributed by atoms with Crippen LogP contribution in [0, 0.1) is 12.8 Å². The quantitative estimate of drug-likeness (QED) is 0.622. The van der Waals surface area contributed by atoms with Crippen molar-refractivity contribution in [3.63, 3.8) is 0 Å². The first-order valence-electron chi connectivity index (χ1n) is 4.78. The molecule has 0 saturated carbocycles. The maximum atomic E-state index is 5.66. The van der Waals surface area contributed by atoms with Crippen LogP contribution in [0.1, 0.15) is 11.1 Å². The molecule has 3 rings (SSSR count). The van der Waals surface area contributed by atoms with E-state index in [4.69, 9.17) is 9.57 Å². The van der Waals surface area contributed by atoms with Crippen molar-refractivity contribution in [2.75, 3.05) is 13.2 Å². The predicted molar refractivity (Wildman–Crippen MR) is 52.7 cm³/mol. The average molecular weight is 189 g/mol. The first-order chi connectivity index (χ1) is 6.84. The summed E-state index contributed by atoms with van der Waals surface area (Å²) in [6.45, 7) is 3.40. The van der Waals surface area contributed by atoms with E-state index in [0.717, 1.165) is 17.0 Å². The Hall–Kier alpha value is -1.51. The Morgan fingerprint density at radius 3 is 3.21 bits per heavy atom. The zero-order chi connectivity index (χ0) is 9.54. The third kappa shape index (κ3) is 1.02. The van der Waals surface area contributed by atoms with Crippen LogP contribution in [0.25, 0.3) is 0 Å². The Labute approximate surface area is 82.3 Å². The Kier molecular flexibility index (Phi) is 1.54. The lowest BCUT2D eigenvalue weighted by molar-refractivity contribution is 0.137. The lowest BCUT2D eigenvalue weighted by Crippen LogP contribution is -2.27. The highest BCUT2D eigenvalue weighted by Gasteiger charge is 2.31. The largest absolute Gasteiger partial charge is 0.492 e. The van der Waals surface area contributed by atoms with Gasteiger partial charge in [-0.1, -0.05) is 11.2 Å². The molecule has 72 valence electrons. The number of hydrogen-bond acceptors (Lipinski definition) is 3. The standard InChI is InChI=1S/C11H11NO2/c1-7-2-3-9-10(4-7)13-5-8-6-14-12-11(8)9/h2-4,8H,5-6H2,1H3. The molecule has 0 N–H and O–H groups in total. The molecule has 0 aliphatic carbocycles. The van der Waals surface area contributed by atoms with E-state index in [2.05, 4.69) is 24.2 Å². The van der Waals surface area contributed by atoms with Crippen LogP contribution in [0.15, 0.2) is 23.4 Å². The molecule has 0 fully saturated rings. The lowest BCUT2D eigenvalue weighted by Gasteiger charge is -2.21. The lowest BCUT2D eigenvalue weighted by atomic mass is 9.95. The van der Waals surface area contributed by atoms with Gasteiger partial charge in [0.25, 0.3) is 0 Å². The number of nitrogens with zero attached hydrogens (tertiary/aromatic N) is 1. The van der Waals surface area contributed by atoms with Crippen LogP contribution in [-0.2, 0) is 4.84 Å². The van der Waals surface area contributed by atoms with Crippen molar-refractivity contribution >= 4 is 5.71 Å². The normalized spacial score (nSPS) is 22.9. The van der Waals surface area contributed by atoms with E-state index in [1.165, 1.54) is 5.56 Å². The number of fused-ring (bicyclic) bond motifs is 3. The second-order valence-corrected chi connectivity index (χ2v) is 3.78. The number of aryl methyl sites for hydroxylation is 1. The van der Waals surface area contributed by atoms with Crippen molar-refractivity contribution in [3.8, 4) is 5.75 Å². The number of ether oxygens (including phenoxy) is 1. The van der Waals surface area contributed by atoms with Crippen molar-refractivity contribution in [2.24, 2.45) is 11.1 Å². The van der Waals surface area contributed by atoms with E-state index in [9.17, 15) is 0 Å². The van der Waals surface area contributed by atoms with Gasteiger partial charge in [0, 0.05) is 5.56 Å². The van der Waals surface area contributed by atoms with Gasteiger partial charge in [0.15, 0.2) is 0 Å². The Morgan fingerprint density at radius 2 is 2.29 bits per heavy atom. The van der Waals surface area contributed by atoms with Gasteiger partial charge in [-0.05, 0) is 24.6 Å². The molecule has 1 unspecified atom stereocenters. The molecule has 1 atom stereocenters. The molecule has 0 amide bonds. The summed E-state index contributed by atoms with van der Waals surface area (Å²) >= 11 is 0. The van der Waals surface area contributed by atoms with Crippen LogP contribution in [0.2, 0.25) is 0 Å². The summed E-state index contributed by atoms with van der Waals surface area (Å²) in [7, 11) is 0. The van der Waals surface area contributed by atoms with Crippen molar-refractivity contribution in [1.82, 2.24) is 0 Å². The van der Waals surface area contributed by atoms with Crippen LogP contribution in [-0.4, -0.2) is 18.9 Å². The zero-order valence-electron chi connectivity index (χ0n) is 7.99. The van der Waals surface area contributed by atoms with E-state index in [0.29, 0.717) is 19.1 Å². The maximum Gasteiger partial charge on any atom is 0.129 e. The van der Waals surface area contributed by atoms with Crippen molar-refractivity contribution < 1.29 is 9.57 Å². The highest BCUT2D eigenvalue weighted by molar-refractivity contribution is 6.05. The molecule has 0 spiro atoms. The Bertz CT molecular complexity index is 412. The van der Waals surface area contributed by atoms with Gasteiger partial charge in [0.1, 0.15) is 24.7 Å². The molecule has 2 aliphatic heterocycles. The SMILES string of the molecule is Cc1ccc2c(c1)OCC1CON=C21. The highest BCUT2D eigenvalue weighted by Crippen LogP contribution is 2.31. The zero-order valence-corrected chi connectivity index (χ0v) is 7.99. The summed E-state index contributed by atoms with van der Waals surface area (Å²) in [6, 6.07) is 6.18. The van der Waals surface area contributed by atoms with Gasteiger partial charge in [-0.25, -0.2) is 0 Å². The Balaban J connectivity index is 2.14. The summed E-state index contributed by atoms with van der Waals surface area (Å²) in [4.78, 5) is 5.09. The fraction of sp³-hybridized carbons (Fsp3) is 0.364. The first-order valence-corrected chi connectivity index (χ1v) is 4.78. The number of rotatable bonds is 0. The first kappa shape index (κ1) is 7.85. The van der Waals surface area contributed by atoms with Crippen LogP contribution < -0.4 is 4.74 Å². The minimum absolute atomic E-state index is 0.324. The number of hydrogen-bond donors (Lipinski definition) is 0. The summed E-state index contributed by atoms with van der Waals surface area (Å²) in [5, 5.41) is 4.07. The topological polar surface area (TPSA) is 30.8 Å². The monoisotopic (exact) mass is 189 g/mol. The summed E-state index contributed by atoms with van der Waals surface area (Å²) < 4.78 is 5.66. The fourth-order valence-corrected chi connectivity index (χ4v) is 1.90. The molecular formula is C11H11NO2. The maximum absolute atomic E-state index is 5.66. The van der Waals surface area contributed by atoms with E-state index in [1.54, 1.807) is 0 Å². The minimum atomic E-state index is 0.324. The third-order valence-electron chi connectivity index (χ3n) is 2.68. The number of benzene rings is 1. The van der Waals surface area contributed by atoms with Crippen molar-refractivity contribution in [3.05, 3.63) is 29.3 Å². The Morgan fingerprint density at radius 1 is 1.36 bits per heavy atom. The molecule has 2 aliphatic rings. The highest BCUT2D eigenvalue weighted by atomic mass is 16.6. The van der Waals surface area contributed by atoms with E-state index >= 15 is 0 Å². The summed E-state index contributed by atoms with van der Waals surface area (Å²) in [5.74, 6) is 1.26.